The number of hydrogen-bond donors (Lipinski definition) is 3. The molecule has 0 unspecified atom stereocenters. The van der Waals surface area contributed by atoms with Gasteiger partial charge in [0.25, 0.3) is 5.91 Å². The number of allylic oxidation sites excluding steroid dienone is 1. The summed E-state index contributed by atoms with van der Waals surface area (Å²) in [4.78, 5) is 64.6. The Balaban J connectivity index is 1.23. The topological polar surface area (TPSA) is 186 Å². The number of alkyl carbamates (subject to hydrolysis) is 1. The molecule has 7 rings (SSSR count). The molecule has 60 heavy (non-hydrogen) atoms. The van der Waals surface area contributed by atoms with Crippen LogP contribution in [0.3, 0.4) is 0 Å². The van der Waals surface area contributed by atoms with Gasteiger partial charge in [-0.05, 0) is 100 Å². The number of anilines is 1. The number of rotatable bonds is 9. The molecule has 3 heterocycles. The van der Waals surface area contributed by atoms with Crippen LogP contribution in [0.25, 0.3) is 22.0 Å². The van der Waals surface area contributed by atoms with E-state index in [0.717, 1.165) is 23.1 Å². The van der Waals surface area contributed by atoms with Crippen molar-refractivity contribution in [2.75, 3.05) is 44.2 Å². The second-order valence-electron chi connectivity index (χ2n) is 17.1. The molecule has 3 fully saturated rings. The molecule has 2 aromatic carbocycles. The molecule has 4 aliphatic rings. The first-order valence-electron chi connectivity index (χ1n) is 20.3. The van der Waals surface area contributed by atoms with Crippen LogP contribution in [-0.4, -0.2) is 116 Å². The fourth-order valence-corrected chi connectivity index (χ4v) is 9.95. The van der Waals surface area contributed by atoms with Crippen molar-refractivity contribution in [3.8, 4) is 22.9 Å². The Hall–Kier alpha value is -5.03. The monoisotopic (exact) mass is 862 g/mol. The van der Waals surface area contributed by atoms with Crippen LogP contribution in [-0.2, 0) is 29.1 Å². The fraction of sp³-hybridized carbons (Fsp3) is 0.512. The van der Waals surface area contributed by atoms with Gasteiger partial charge in [0.05, 0.1) is 24.6 Å². The van der Waals surface area contributed by atoms with Crippen molar-refractivity contribution in [3.63, 3.8) is 0 Å². The molecule has 0 spiro atoms. The molecule has 5 atom stereocenters. The van der Waals surface area contributed by atoms with Crippen LogP contribution >= 0.6 is 11.8 Å². The summed E-state index contributed by atoms with van der Waals surface area (Å²) in [5, 5.41) is 6.49. The first-order valence-corrected chi connectivity index (χ1v) is 23.0. The van der Waals surface area contributed by atoms with E-state index in [9.17, 15) is 27.6 Å². The Labute approximate surface area is 355 Å². The zero-order valence-electron chi connectivity index (χ0n) is 34.9. The normalized spacial score (nSPS) is 25.4. The number of thioether (sulfide) groups is 1. The summed E-state index contributed by atoms with van der Waals surface area (Å²) < 4.78 is 45.9. The minimum absolute atomic E-state index is 0.0174. The number of hydrogen-bond acceptors (Lipinski definition) is 12. The van der Waals surface area contributed by atoms with Gasteiger partial charge in [0.2, 0.25) is 27.7 Å². The number of pyridine rings is 1. The van der Waals surface area contributed by atoms with Crippen LogP contribution in [0.1, 0.15) is 59.3 Å². The maximum absolute atomic E-state index is 14.7. The van der Waals surface area contributed by atoms with Crippen LogP contribution in [0.15, 0.2) is 60.7 Å². The molecule has 4 amide bonds. The smallest absolute Gasteiger partial charge is 0.408 e. The van der Waals surface area contributed by atoms with Crippen LogP contribution in [0.4, 0.5) is 10.5 Å². The van der Waals surface area contributed by atoms with E-state index < -0.39 is 74.3 Å². The van der Waals surface area contributed by atoms with Gasteiger partial charge in [-0.25, -0.2) is 18.2 Å². The van der Waals surface area contributed by atoms with E-state index in [4.69, 9.17) is 19.2 Å². The Morgan fingerprint density at radius 1 is 1.07 bits per heavy atom. The van der Waals surface area contributed by atoms with Gasteiger partial charge in [-0.3, -0.25) is 19.1 Å². The summed E-state index contributed by atoms with van der Waals surface area (Å²) in [6.45, 7) is 5.13. The first-order chi connectivity index (χ1) is 28.5. The molecule has 0 radical (unpaired) electrons. The van der Waals surface area contributed by atoms with Gasteiger partial charge in [0.15, 0.2) is 0 Å². The largest absolute Gasteiger partial charge is 0.497 e. The van der Waals surface area contributed by atoms with Gasteiger partial charge in [0, 0.05) is 48.8 Å². The highest BCUT2D eigenvalue weighted by atomic mass is 32.2. The highest BCUT2D eigenvalue weighted by molar-refractivity contribution is 7.99. The van der Waals surface area contributed by atoms with E-state index in [1.165, 1.54) is 16.7 Å². The minimum atomic E-state index is -3.92. The highest BCUT2D eigenvalue weighted by Crippen LogP contribution is 2.46. The molecular weight excluding hydrogens is 809 g/mol. The van der Waals surface area contributed by atoms with Gasteiger partial charge >= 0.3 is 6.09 Å². The number of fused-ring (bicyclic) bond motifs is 3. The quantitative estimate of drug-likeness (QED) is 0.251. The Morgan fingerprint density at radius 3 is 2.50 bits per heavy atom. The molecule has 3 aromatic rings. The van der Waals surface area contributed by atoms with E-state index in [-0.39, 0.29) is 31.0 Å². The zero-order chi connectivity index (χ0) is 43.0. The van der Waals surface area contributed by atoms with Crippen molar-refractivity contribution >= 4 is 62.1 Å². The van der Waals surface area contributed by atoms with E-state index in [0.29, 0.717) is 41.8 Å². The lowest BCUT2D eigenvalue weighted by Gasteiger charge is -2.30. The fourth-order valence-electron chi connectivity index (χ4n) is 7.59. The molecule has 322 valence electrons. The predicted molar refractivity (Wildman–Crippen MR) is 231 cm³/mol. The molecule has 1 aromatic heterocycles. The lowest BCUT2D eigenvalue weighted by atomic mass is 10.1. The van der Waals surface area contributed by atoms with Gasteiger partial charge in [-0.2, -0.15) is 11.8 Å². The third-order valence-corrected chi connectivity index (χ3v) is 14.0. The average molecular weight is 863 g/mol. The molecule has 2 aliphatic carbocycles. The lowest BCUT2D eigenvalue weighted by Crippen LogP contribution is -2.58. The number of ether oxygens (including phenoxy) is 3. The number of carbonyl (C=O) groups excluding carboxylic acids is 4. The maximum atomic E-state index is 14.7. The number of carbonyl (C=O) groups is 4. The number of nitrogens with zero attached hydrogens (tertiary/aromatic N) is 3. The van der Waals surface area contributed by atoms with E-state index >= 15 is 0 Å². The molecule has 0 bridgehead atoms. The summed E-state index contributed by atoms with van der Waals surface area (Å²) in [5.74, 6) is -0.594. The molecule has 2 saturated carbocycles. The number of sulfonamides is 1. The second-order valence-corrected chi connectivity index (χ2v) is 20.2. The summed E-state index contributed by atoms with van der Waals surface area (Å²) >= 11 is 1.49. The third kappa shape index (κ3) is 9.78. The van der Waals surface area contributed by atoms with Crippen molar-refractivity contribution in [1.82, 2.24) is 25.2 Å². The third-order valence-electron chi connectivity index (χ3n) is 11.1. The summed E-state index contributed by atoms with van der Waals surface area (Å²) in [7, 11) is 1.60. The van der Waals surface area contributed by atoms with Gasteiger partial charge in [0.1, 0.15) is 35.1 Å². The second kappa shape index (κ2) is 17.1. The molecule has 2 aliphatic heterocycles. The Bertz CT molecular complexity index is 2280. The first kappa shape index (κ1) is 43.1. The standard InChI is InChI=1S/C43H54N6O9S2/c1-42(2,3)58-41(53)45-35-25-59-19-9-7-8-10-28-23-43(28,40(52)47-60(54,55)32-16-17-32)46-37(50)36-22-31(24-49(36)39(35)51)57-38-33-18-15-30(56-6)20-27(33)21-34(44-38)26-11-13-29(14-12-26)48(4)5/h8,10-15,18,20-21,28,31-32,35-36H,7,9,16-17,19,22-25H2,1-6H3,(H,45,53)(H,46,50)(H,47,52)/b10-8-/t28-,31-,35+,36+,43-/m1/s1. The molecule has 3 N–H and O–H groups in total. The lowest BCUT2D eigenvalue weighted by molar-refractivity contribution is -0.140. The van der Waals surface area contributed by atoms with Crippen LogP contribution < -0.4 is 29.7 Å². The molecular formula is C43H54N6O9S2. The zero-order valence-corrected chi connectivity index (χ0v) is 36.5. The minimum Gasteiger partial charge on any atom is -0.497 e. The van der Waals surface area contributed by atoms with E-state index in [2.05, 4.69) is 15.4 Å². The van der Waals surface area contributed by atoms with Gasteiger partial charge in [-0.1, -0.05) is 24.3 Å². The molecule has 1 saturated heterocycles. The SMILES string of the molecule is COc1ccc2c(O[C@@H]3C[C@H]4C(=O)N[C@]5(C(=O)NS(=O)(=O)C6CC6)C[C@H]5/C=C\CCCSC[C@H](NC(=O)OC(C)(C)C)C(=O)N4C3)nc(-c3ccc(N(C)C)cc3)cc2c1. The molecule has 15 nitrogen and oxygen atoms in total. The van der Waals surface area contributed by atoms with Gasteiger partial charge in [-0.15, -0.1) is 0 Å². The summed E-state index contributed by atoms with van der Waals surface area (Å²) in [6.07, 6.45) is 4.82. The van der Waals surface area contributed by atoms with Crippen LogP contribution in [0.2, 0.25) is 0 Å². The molecule has 17 heteroatoms. The number of methoxy groups -OCH3 is 1. The maximum Gasteiger partial charge on any atom is 0.408 e. The van der Waals surface area contributed by atoms with Crippen molar-refractivity contribution in [1.29, 1.82) is 0 Å². The summed E-state index contributed by atoms with van der Waals surface area (Å²) in [6, 6.07) is 13.2. The van der Waals surface area contributed by atoms with Gasteiger partial charge < -0.3 is 34.6 Å². The van der Waals surface area contributed by atoms with Crippen molar-refractivity contribution in [2.24, 2.45) is 5.92 Å². The number of aromatic nitrogens is 1. The van der Waals surface area contributed by atoms with Crippen LogP contribution in [0, 0.1) is 5.92 Å². The number of amides is 4. The highest BCUT2D eigenvalue weighted by Gasteiger charge is 2.62. The average Bonchev–Trinajstić information content (AvgIpc) is 4.12. The Morgan fingerprint density at radius 2 is 1.82 bits per heavy atom. The predicted octanol–water partition coefficient (Wildman–Crippen LogP) is 4.78. The Kier molecular flexibility index (Phi) is 12.3. The van der Waals surface area contributed by atoms with Crippen molar-refractivity contribution in [2.45, 2.75) is 93.9 Å². The number of nitrogens with one attached hydrogen (secondary N) is 3. The van der Waals surface area contributed by atoms with Crippen molar-refractivity contribution in [3.05, 3.63) is 60.7 Å². The van der Waals surface area contributed by atoms with E-state index in [1.807, 2.05) is 73.6 Å². The van der Waals surface area contributed by atoms with Crippen LogP contribution in [0.5, 0.6) is 11.6 Å². The number of benzene rings is 2. The summed E-state index contributed by atoms with van der Waals surface area (Å²) in [5.41, 5.74) is 0.146. The van der Waals surface area contributed by atoms with E-state index in [1.54, 1.807) is 33.9 Å². The van der Waals surface area contributed by atoms with Crippen molar-refractivity contribution < 1.29 is 41.8 Å².